The molecule has 0 radical (unpaired) electrons. The molecular weight excluding hydrogens is 331 g/mol. The molecule has 118 valence electrons. The Bertz CT molecular complexity index is 476. The van der Waals surface area contributed by atoms with Crippen LogP contribution in [0.3, 0.4) is 0 Å². The molecule has 1 aliphatic heterocycles. The highest BCUT2D eigenvalue weighted by Gasteiger charge is 2.27. The molecule has 0 aliphatic carbocycles. The van der Waals surface area contributed by atoms with E-state index in [9.17, 15) is 4.39 Å². The van der Waals surface area contributed by atoms with Crippen molar-refractivity contribution in [3.05, 3.63) is 34.1 Å². The molecule has 2 rings (SSSR count). The molecule has 1 unspecified atom stereocenters. The number of piperidine rings is 1. The van der Waals surface area contributed by atoms with Gasteiger partial charge in [-0.2, -0.15) is 0 Å². The fraction of sp³-hybridized carbons (Fsp3) is 0.647. The molecule has 1 saturated heterocycles. The van der Waals surface area contributed by atoms with Gasteiger partial charge in [0.25, 0.3) is 0 Å². The highest BCUT2D eigenvalue weighted by atomic mass is 79.9. The summed E-state index contributed by atoms with van der Waals surface area (Å²) >= 11 is 3.46. The van der Waals surface area contributed by atoms with Crippen molar-refractivity contribution in [2.75, 3.05) is 13.1 Å². The van der Waals surface area contributed by atoms with Crippen LogP contribution in [-0.4, -0.2) is 29.6 Å². The van der Waals surface area contributed by atoms with Crippen LogP contribution >= 0.6 is 15.9 Å². The maximum atomic E-state index is 13.2. The van der Waals surface area contributed by atoms with Crippen molar-refractivity contribution in [2.24, 2.45) is 0 Å². The van der Waals surface area contributed by atoms with E-state index in [0.29, 0.717) is 6.04 Å². The molecule has 1 heterocycles. The second kappa shape index (κ2) is 6.76. The summed E-state index contributed by atoms with van der Waals surface area (Å²) in [5.74, 6) is -0.198. The first-order valence-corrected chi connectivity index (χ1v) is 8.52. The molecule has 1 aliphatic rings. The predicted molar refractivity (Wildman–Crippen MR) is 90.0 cm³/mol. The maximum Gasteiger partial charge on any atom is 0.124 e. The number of nitrogens with one attached hydrogen (secondary N) is 1. The normalized spacial score (nSPS) is 19.7. The summed E-state index contributed by atoms with van der Waals surface area (Å²) in [6.07, 6.45) is 2.33. The SMILES string of the molecule is CC(NC1CCN(C(C)(C)C)CC1)c1ccc(F)cc1Br. The van der Waals surface area contributed by atoms with Crippen molar-refractivity contribution in [3.63, 3.8) is 0 Å². The van der Waals surface area contributed by atoms with Crippen LogP contribution in [0.5, 0.6) is 0 Å². The van der Waals surface area contributed by atoms with Crippen LogP contribution in [0.25, 0.3) is 0 Å². The van der Waals surface area contributed by atoms with Gasteiger partial charge in [-0.05, 0) is 58.2 Å². The minimum Gasteiger partial charge on any atom is -0.307 e. The van der Waals surface area contributed by atoms with E-state index in [1.165, 1.54) is 25.0 Å². The number of halogens is 2. The van der Waals surface area contributed by atoms with E-state index >= 15 is 0 Å². The standard InChI is InChI=1S/C17H26BrFN2/c1-12(15-6-5-13(19)11-16(15)18)20-14-7-9-21(10-8-14)17(2,3)4/h5-6,11-12,14,20H,7-10H2,1-4H3. The first kappa shape index (κ1) is 16.9. The average molecular weight is 357 g/mol. The molecule has 4 heteroatoms. The van der Waals surface area contributed by atoms with Gasteiger partial charge in [0, 0.05) is 35.2 Å². The number of hydrogen-bond acceptors (Lipinski definition) is 2. The quantitative estimate of drug-likeness (QED) is 0.857. The Labute approximate surface area is 136 Å². The summed E-state index contributed by atoms with van der Waals surface area (Å²) in [6.45, 7) is 11.3. The highest BCUT2D eigenvalue weighted by molar-refractivity contribution is 9.10. The zero-order valence-corrected chi connectivity index (χ0v) is 15.0. The molecule has 0 amide bonds. The third-order valence-corrected chi connectivity index (χ3v) is 5.05. The number of benzene rings is 1. The van der Waals surface area contributed by atoms with Gasteiger partial charge in [-0.3, -0.25) is 4.90 Å². The van der Waals surface area contributed by atoms with Crippen LogP contribution in [0.2, 0.25) is 0 Å². The number of nitrogens with zero attached hydrogens (tertiary/aromatic N) is 1. The van der Waals surface area contributed by atoms with Gasteiger partial charge in [-0.15, -0.1) is 0 Å². The van der Waals surface area contributed by atoms with Crippen molar-refractivity contribution in [3.8, 4) is 0 Å². The molecular formula is C17H26BrFN2. The van der Waals surface area contributed by atoms with Crippen molar-refractivity contribution in [2.45, 2.75) is 58.2 Å². The van der Waals surface area contributed by atoms with Crippen LogP contribution < -0.4 is 5.32 Å². The van der Waals surface area contributed by atoms with Gasteiger partial charge in [-0.1, -0.05) is 22.0 Å². The van der Waals surface area contributed by atoms with Crippen molar-refractivity contribution in [1.29, 1.82) is 0 Å². The first-order chi connectivity index (χ1) is 9.77. The van der Waals surface area contributed by atoms with Gasteiger partial charge < -0.3 is 5.32 Å². The third kappa shape index (κ3) is 4.51. The van der Waals surface area contributed by atoms with Gasteiger partial charge >= 0.3 is 0 Å². The largest absolute Gasteiger partial charge is 0.307 e. The van der Waals surface area contributed by atoms with E-state index in [1.54, 1.807) is 0 Å². The lowest BCUT2D eigenvalue weighted by Gasteiger charge is -2.41. The summed E-state index contributed by atoms with van der Waals surface area (Å²) in [5, 5.41) is 3.69. The van der Waals surface area contributed by atoms with E-state index in [-0.39, 0.29) is 17.4 Å². The van der Waals surface area contributed by atoms with E-state index in [4.69, 9.17) is 0 Å². The summed E-state index contributed by atoms with van der Waals surface area (Å²) in [5.41, 5.74) is 1.38. The molecule has 1 N–H and O–H groups in total. The van der Waals surface area contributed by atoms with Gasteiger partial charge in [-0.25, -0.2) is 4.39 Å². The monoisotopic (exact) mass is 356 g/mol. The Morgan fingerprint density at radius 1 is 1.29 bits per heavy atom. The minimum atomic E-state index is -0.198. The zero-order chi connectivity index (χ0) is 15.6. The molecule has 21 heavy (non-hydrogen) atoms. The van der Waals surface area contributed by atoms with Gasteiger partial charge in [0.05, 0.1) is 0 Å². The fourth-order valence-corrected chi connectivity index (χ4v) is 3.71. The smallest absolute Gasteiger partial charge is 0.124 e. The lowest BCUT2D eigenvalue weighted by Crippen LogP contribution is -2.50. The molecule has 1 aromatic carbocycles. The molecule has 2 nitrogen and oxygen atoms in total. The minimum absolute atomic E-state index is 0.198. The Balaban J connectivity index is 1.91. The number of hydrogen-bond donors (Lipinski definition) is 1. The molecule has 0 spiro atoms. The molecule has 1 aromatic rings. The maximum absolute atomic E-state index is 13.2. The molecule has 0 bridgehead atoms. The summed E-state index contributed by atoms with van der Waals surface area (Å²) in [6, 6.07) is 5.69. The van der Waals surface area contributed by atoms with Gasteiger partial charge in [0.2, 0.25) is 0 Å². The lowest BCUT2D eigenvalue weighted by atomic mass is 9.97. The van der Waals surface area contributed by atoms with E-state index < -0.39 is 0 Å². The highest BCUT2D eigenvalue weighted by Crippen LogP contribution is 2.26. The summed E-state index contributed by atoms with van der Waals surface area (Å²) < 4.78 is 14.0. The molecule has 1 atom stereocenters. The van der Waals surface area contributed by atoms with E-state index in [0.717, 1.165) is 23.1 Å². The van der Waals surface area contributed by atoms with E-state index in [2.05, 4.69) is 53.8 Å². The topological polar surface area (TPSA) is 15.3 Å². The summed E-state index contributed by atoms with van der Waals surface area (Å²) in [4.78, 5) is 2.55. The second-order valence-corrected chi connectivity index (χ2v) is 7.84. The Kier molecular flexibility index (Phi) is 5.44. The van der Waals surface area contributed by atoms with Crippen molar-refractivity contribution >= 4 is 15.9 Å². The number of rotatable bonds is 3. The van der Waals surface area contributed by atoms with Gasteiger partial charge in [0.15, 0.2) is 0 Å². The third-order valence-electron chi connectivity index (χ3n) is 4.36. The zero-order valence-electron chi connectivity index (χ0n) is 13.4. The van der Waals surface area contributed by atoms with E-state index in [1.807, 2.05) is 6.07 Å². The Morgan fingerprint density at radius 3 is 2.43 bits per heavy atom. The lowest BCUT2D eigenvalue weighted by molar-refractivity contribution is 0.0942. The van der Waals surface area contributed by atoms with Crippen LogP contribution in [-0.2, 0) is 0 Å². The first-order valence-electron chi connectivity index (χ1n) is 7.73. The predicted octanol–water partition coefficient (Wildman–Crippen LogP) is 4.50. The van der Waals surface area contributed by atoms with Gasteiger partial charge in [0.1, 0.15) is 5.82 Å². The average Bonchev–Trinajstić information content (AvgIpc) is 2.38. The molecule has 1 fully saturated rings. The van der Waals surface area contributed by atoms with Crippen molar-refractivity contribution < 1.29 is 4.39 Å². The Morgan fingerprint density at radius 2 is 1.90 bits per heavy atom. The molecule has 0 aromatic heterocycles. The number of likely N-dealkylation sites (tertiary alicyclic amines) is 1. The van der Waals surface area contributed by atoms with Crippen molar-refractivity contribution in [1.82, 2.24) is 10.2 Å². The Hall–Kier alpha value is -0.450. The summed E-state index contributed by atoms with van der Waals surface area (Å²) in [7, 11) is 0. The van der Waals surface area contributed by atoms with Crippen LogP contribution in [0.15, 0.2) is 22.7 Å². The fourth-order valence-electron chi connectivity index (χ4n) is 3.01. The second-order valence-electron chi connectivity index (χ2n) is 6.99. The van der Waals surface area contributed by atoms with Crippen LogP contribution in [0, 0.1) is 5.82 Å². The molecule has 0 saturated carbocycles. The van der Waals surface area contributed by atoms with Crippen LogP contribution in [0.1, 0.15) is 52.1 Å². The van der Waals surface area contributed by atoms with Crippen LogP contribution in [0.4, 0.5) is 4.39 Å².